The largest absolute Gasteiger partial charge is 1.00 e. The number of hydrogen-bond acceptors (Lipinski definition) is 1. The molecule has 0 amide bonds. The van der Waals surface area contributed by atoms with Crippen molar-refractivity contribution >= 4 is 0 Å². The number of halogens is 1. The summed E-state index contributed by atoms with van der Waals surface area (Å²) in [5.74, 6) is 0.927. The van der Waals surface area contributed by atoms with Gasteiger partial charge < -0.3 is 17.5 Å². The Kier molecular flexibility index (Phi) is 6.58. The van der Waals surface area contributed by atoms with Crippen LogP contribution in [0.1, 0.15) is 45.0 Å². The molecule has 3 nitrogen and oxygen atoms in total. The molecule has 2 N–H and O–H groups in total. The van der Waals surface area contributed by atoms with E-state index in [9.17, 15) is 5.11 Å². The van der Waals surface area contributed by atoms with Crippen molar-refractivity contribution in [1.29, 1.82) is 0 Å². The molecule has 1 rings (SSSR count). The number of hydrogen-bond donors (Lipinski definition) is 2. The fourth-order valence-electron chi connectivity index (χ4n) is 1.38. The van der Waals surface area contributed by atoms with Crippen molar-refractivity contribution in [3.8, 4) is 0 Å². The van der Waals surface area contributed by atoms with E-state index < -0.39 is 0 Å². The second kappa shape index (κ2) is 6.85. The van der Waals surface area contributed by atoms with E-state index in [2.05, 4.69) is 16.5 Å². The highest BCUT2D eigenvalue weighted by molar-refractivity contribution is 4.82. The van der Waals surface area contributed by atoms with Crippen molar-refractivity contribution in [3.63, 3.8) is 0 Å². The zero-order valence-corrected chi connectivity index (χ0v) is 9.59. The first-order valence-corrected chi connectivity index (χ1v) is 5.04. The van der Waals surface area contributed by atoms with Crippen molar-refractivity contribution in [1.82, 2.24) is 4.98 Å². The van der Waals surface area contributed by atoms with Gasteiger partial charge in [0.2, 0.25) is 0 Å². The van der Waals surface area contributed by atoms with Gasteiger partial charge in [0.25, 0.3) is 5.82 Å². The molecule has 1 aromatic heterocycles. The quantitative estimate of drug-likeness (QED) is 0.584. The van der Waals surface area contributed by atoms with Crippen molar-refractivity contribution < 1.29 is 22.1 Å². The van der Waals surface area contributed by atoms with Gasteiger partial charge in [-0.25, -0.2) is 9.55 Å². The molecule has 0 bridgehead atoms. The van der Waals surface area contributed by atoms with E-state index in [-0.39, 0.29) is 18.5 Å². The molecule has 0 saturated carbocycles. The van der Waals surface area contributed by atoms with E-state index in [0.717, 1.165) is 25.2 Å². The third-order valence-electron chi connectivity index (χ3n) is 2.25. The van der Waals surface area contributed by atoms with Gasteiger partial charge >= 0.3 is 0 Å². The summed E-state index contributed by atoms with van der Waals surface area (Å²) in [6.07, 6.45) is 6.61. The predicted molar refractivity (Wildman–Crippen MR) is 51.1 cm³/mol. The van der Waals surface area contributed by atoms with E-state index in [0.29, 0.717) is 0 Å². The maximum atomic E-state index is 9.65. The smallest absolute Gasteiger partial charge is 0.283 e. The molecule has 0 fully saturated rings. The number of H-pyrrole nitrogens is 1. The third kappa shape index (κ3) is 3.31. The number of aliphatic hydroxyl groups excluding tert-OH is 1. The van der Waals surface area contributed by atoms with E-state index in [1.54, 1.807) is 0 Å². The van der Waals surface area contributed by atoms with Crippen LogP contribution < -0.4 is 17.0 Å². The molecule has 1 atom stereocenters. The summed E-state index contributed by atoms with van der Waals surface area (Å²) in [5, 5.41) is 9.65. The van der Waals surface area contributed by atoms with Crippen LogP contribution in [0.15, 0.2) is 12.4 Å². The minimum absolute atomic E-state index is 0. The molecule has 0 saturated heterocycles. The van der Waals surface area contributed by atoms with Crippen molar-refractivity contribution in [2.75, 3.05) is 0 Å². The number of imidazole rings is 1. The first-order valence-electron chi connectivity index (χ1n) is 5.04. The lowest BCUT2D eigenvalue weighted by molar-refractivity contribution is -0.706. The molecule has 1 heterocycles. The molecule has 1 aromatic rings. The molecule has 0 aliphatic heterocycles. The molecule has 82 valence electrons. The van der Waals surface area contributed by atoms with Gasteiger partial charge in [0.15, 0.2) is 6.10 Å². The van der Waals surface area contributed by atoms with Gasteiger partial charge in [0.05, 0.1) is 6.54 Å². The monoisotopic (exact) mass is 218 g/mol. The molecule has 4 heteroatoms. The molecule has 1 unspecified atom stereocenters. The van der Waals surface area contributed by atoms with Crippen LogP contribution in [0.2, 0.25) is 0 Å². The summed E-state index contributed by atoms with van der Waals surface area (Å²) in [7, 11) is 0. The number of nitrogens with zero attached hydrogens (tertiary/aromatic N) is 1. The lowest BCUT2D eigenvalue weighted by Crippen LogP contribution is -3.00. The molecule has 0 aromatic carbocycles. The van der Waals surface area contributed by atoms with Crippen LogP contribution >= 0.6 is 0 Å². The number of nitrogens with one attached hydrogen (secondary N) is 1. The highest BCUT2D eigenvalue weighted by Crippen LogP contribution is 2.08. The number of aromatic nitrogens is 2. The van der Waals surface area contributed by atoms with Crippen LogP contribution in [0.5, 0.6) is 0 Å². The molecular weight excluding hydrogens is 200 g/mol. The molecule has 0 radical (unpaired) electrons. The Morgan fingerprint density at radius 3 is 2.79 bits per heavy atom. The maximum Gasteiger partial charge on any atom is 0.283 e. The van der Waals surface area contributed by atoms with Gasteiger partial charge in [-0.3, -0.25) is 0 Å². The Morgan fingerprint density at radius 2 is 2.21 bits per heavy atom. The first-order chi connectivity index (χ1) is 6.29. The summed E-state index contributed by atoms with van der Waals surface area (Å²) in [6.45, 7) is 5.14. The molecule has 0 aliphatic rings. The Morgan fingerprint density at radius 1 is 1.50 bits per heavy atom. The normalized spacial score (nSPS) is 12.2. The van der Waals surface area contributed by atoms with E-state index >= 15 is 0 Å². The van der Waals surface area contributed by atoms with Crippen LogP contribution in [0.4, 0.5) is 0 Å². The van der Waals surface area contributed by atoms with Crippen LogP contribution in [0.3, 0.4) is 0 Å². The van der Waals surface area contributed by atoms with E-state index in [4.69, 9.17) is 0 Å². The zero-order chi connectivity index (χ0) is 9.68. The van der Waals surface area contributed by atoms with Crippen molar-refractivity contribution in [2.45, 2.75) is 45.8 Å². The van der Waals surface area contributed by atoms with Crippen molar-refractivity contribution in [3.05, 3.63) is 18.2 Å². The Balaban J connectivity index is 0.00000169. The summed E-state index contributed by atoms with van der Waals surface area (Å²) in [4.78, 5) is 3.08. The second-order valence-electron chi connectivity index (χ2n) is 3.32. The van der Waals surface area contributed by atoms with Crippen LogP contribution in [-0.4, -0.2) is 10.1 Å². The lowest BCUT2D eigenvalue weighted by atomic mass is 10.2. The van der Waals surface area contributed by atoms with Gasteiger partial charge in [-0.1, -0.05) is 20.3 Å². The second-order valence-corrected chi connectivity index (χ2v) is 3.32. The highest BCUT2D eigenvalue weighted by atomic mass is 35.5. The molecule has 0 spiro atoms. The fourth-order valence-corrected chi connectivity index (χ4v) is 1.38. The highest BCUT2D eigenvalue weighted by Gasteiger charge is 2.17. The van der Waals surface area contributed by atoms with Crippen LogP contribution in [-0.2, 0) is 6.54 Å². The standard InChI is InChI=1S/C10H18N2O.ClH/c1-3-5-7-12-8-6-11-10(12)9(13)4-2;/h6,8-9,13H,3-5,7H2,1-2H3;1H. The van der Waals surface area contributed by atoms with Gasteiger partial charge in [-0.2, -0.15) is 0 Å². The van der Waals surface area contributed by atoms with Gasteiger partial charge in [0, 0.05) is 0 Å². The summed E-state index contributed by atoms with van der Waals surface area (Å²) in [5.41, 5.74) is 0. The Labute approximate surface area is 91.6 Å². The van der Waals surface area contributed by atoms with Crippen LogP contribution in [0, 0.1) is 0 Å². The first kappa shape index (κ1) is 13.5. The van der Waals surface area contributed by atoms with Gasteiger partial charge in [0.1, 0.15) is 12.4 Å². The minimum atomic E-state index is -0.355. The maximum absolute atomic E-state index is 9.65. The molecule has 0 aliphatic carbocycles. The summed E-state index contributed by atoms with van der Waals surface area (Å²) in [6, 6.07) is 0. The average Bonchev–Trinajstić information content (AvgIpc) is 2.61. The Bertz CT molecular complexity index is 250. The minimum Gasteiger partial charge on any atom is -1.00 e. The number of aliphatic hydroxyl groups is 1. The SMILES string of the molecule is CCCC[n+]1cc[nH]c1C(O)CC.[Cl-]. The number of unbranched alkanes of at least 4 members (excludes halogenated alkanes) is 1. The number of rotatable bonds is 5. The summed E-state index contributed by atoms with van der Waals surface area (Å²) < 4.78 is 2.09. The van der Waals surface area contributed by atoms with E-state index in [1.807, 2.05) is 19.3 Å². The zero-order valence-electron chi connectivity index (χ0n) is 8.83. The Hall–Kier alpha value is -0.540. The number of aryl methyl sites for hydroxylation is 1. The van der Waals surface area contributed by atoms with Gasteiger partial charge in [-0.05, 0) is 12.8 Å². The lowest BCUT2D eigenvalue weighted by Gasteiger charge is -2.03. The van der Waals surface area contributed by atoms with Gasteiger partial charge in [-0.15, -0.1) is 0 Å². The van der Waals surface area contributed by atoms with Crippen molar-refractivity contribution in [2.24, 2.45) is 0 Å². The predicted octanol–water partition coefficient (Wildman–Crippen LogP) is -1.45. The third-order valence-corrected chi connectivity index (χ3v) is 2.25. The van der Waals surface area contributed by atoms with Crippen LogP contribution in [0.25, 0.3) is 0 Å². The molecule has 14 heavy (non-hydrogen) atoms. The average molecular weight is 219 g/mol. The topological polar surface area (TPSA) is 39.9 Å². The fraction of sp³-hybridized carbons (Fsp3) is 0.700. The summed E-state index contributed by atoms with van der Waals surface area (Å²) >= 11 is 0. The van der Waals surface area contributed by atoms with E-state index in [1.165, 1.54) is 6.42 Å². The molecular formula is C10H19ClN2O. The number of aromatic amines is 1.